The molecule has 1 aliphatic heterocycles. The molecule has 1 aromatic carbocycles. The number of carbonyl (C=O) groups excluding carboxylic acids is 1. The molecule has 2 aliphatic carbocycles. The monoisotopic (exact) mass is 463 g/mol. The first kappa shape index (κ1) is 23.5. The second-order valence-corrected chi connectivity index (χ2v) is 11.5. The fraction of sp³-hybridized carbons (Fsp3) is 0.708. The molecule has 3 fully saturated rings. The Bertz CT molecular complexity index is 851. The van der Waals surface area contributed by atoms with E-state index in [4.69, 9.17) is 4.74 Å². The Kier molecular flexibility index (Phi) is 7.74. The number of ether oxygens (including phenoxy) is 1. The summed E-state index contributed by atoms with van der Waals surface area (Å²) in [5.74, 6) is 1.16. The number of nitrogens with zero attached hydrogens (tertiary/aromatic N) is 1. The lowest BCUT2D eigenvalue weighted by Crippen LogP contribution is -2.52. The van der Waals surface area contributed by atoms with Crippen LogP contribution in [0.25, 0.3) is 0 Å². The van der Waals surface area contributed by atoms with Gasteiger partial charge in [-0.1, -0.05) is 36.8 Å². The summed E-state index contributed by atoms with van der Waals surface area (Å²) in [6, 6.07) is 9.95. The largest absolute Gasteiger partial charge is 0.376 e. The van der Waals surface area contributed by atoms with Crippen LogP contribution in [0.2, 0.25) is 0 Å². The van der Waals surface area contributed by atoms with Crippen molar-refractivity contribution in [3.63, 3.8) is 0 Å². The number of urea groups is 1. The summed E-state index contributed by atoms with van der Waals surface area (Å²) < 4.78 is 32.8. The van der Waals surface area contributed by atoms with Crippen LogP contribution in [0.3, 0.4) is 0 Å². The molecule has 178 valence electrons. The van der Waals surface area contributed by atoms with Crippen molar-refractivity contribution in [2.45, 2.75) is 75.5 Å². The van der Waals surface area contributed by atoms with E-state index in [-0.39, 0.29) is 24.2 Å². The highest BCUT2D eigenvalue weighted by Gasteiger charge is 2.39. The maximum absolute atomic E-state index is 12.8. The van der Waals surface area contributed by atoms with E-state index in [1.807, 2.05) is 0 Å². The van der Waals surface area contributed by atoms with Gasteiger partial charge in [0, 0.05) is 19.1 Å². The Morgan fingerprint density at radius 1 is 1.06 bits per heavy atom. The number of likely N-dealkylation sites (tertiary alicyclic amines) is 1. The molecule has 0 radical (unpaired) electrons. The molecule has 1 aromatic rings. The molecule has 1 saturated heterocycles. The molecule has 0 bridgehead atoms. The fourth-order valence-electron chi connectivity index (χ4n) is 5.28. The van der Waals surface area contributed by atoms with Gasteiger partial charge in [-0.05, 0) is 62.3 Å². The van der Waals surface area contributed by atoms with Crippen molar-refractivity contribution in [2.24, 2.45) is 5.92 Å². The van der Waals surface area contributed by atoms with E-state index in [9.17, 15) is 13.2 Å². The molecule has 0 unspecified atom stereocenters. The van der Waals surface area contributed by atoms with Gasteiger partial charge >= 0.3 is 6.03 Å². The number of amides is 2. The highest BCUT2D eigenvalue weighted by molar-refractivity contribution is 7.88. The maximum Gasteiger partial charge on any atom is 0.317 e. The van der Waals surface area contributed by atoms with Crippen LogP contribution in [-0.2, 0) is 14.8 Å². The molecule has 2 amide bonds. The summed E-state index contributed by atoms with van der Waals surface area (Å²) in [7, 11) is -3.36. The van der Waals surface area contributed by atoms with E-state index in [1.165, 1.54) is 31.1 Å². The second kappa shape index (κ2) is 10.5. The Hall–Kier alpha value is -1.64. The molecule has 0 aromatic heterocycles. The number of hydrogen-bond donors (Lipinski definition) is 2. The van der Waals surface area contributed by atoms with Gasteiger partial charge < -0.3 is 15.0 Å². The Labute approximate surface area is 192 Å². The predicted octanol–water partition coefficient (Wildman–Crippen LogP) is 3.23. The predicted molar refractivity (Wildman–Crippen MR) is 125 cm³/mol. The van der Waals surface area contributed by atoms with Crippen molar-refractivity contribution in [1.82, 2.24) is 14.9 Å². The molecule has 32 heavy (non-hydrogen) atoms. The van der Waals surface area contributed by atoms with Crippen molar-refractivity contribution in [3.05, 3.63) is 35.9 Å². The summed E-state index contributed by atoms with van der Waals surface area (Å²) in [6.07, 6.45) is 9.71. The normalized spacial score (nSPS) is 29.0. The molecule has 8 heteroatoms. The number of hydrogen-bond acceptors (Lipinski definition) is 4. The van der Waals surface area contributed by atoms with Crippen LogP contribution >= 0.6 is 0 Å². The summed E-state index contributed by atoms with van der Waals surface area (Å²) in [4.78, 5) is 14.6. The average Bonchev–Trinajstić information content (AvgIpc) is 3.13. The lowest BCUT2D eigenvalue weighted by molar-refractivity contribution is -0.000733. The molecule has 7 nitrogen and oxygen atoms in total. The van der Waals surface area contributed by atoms with Gasteiger partial charge in [-0.2, -0.15) is 0 Å². The molecule has 2 saturated carbocycles. The standard InChI is InChI=1S/C24H37N3O4S/c1-32(29,30)26-22-14-15-27(24(28)25-16-18-6-5-7-18)23(22)17-31-21-12-10-20(11-13-21)19-8-3-2-4-9-19/h2-4,8-9,18,20-23,26H,5-7,10-17H2,1H3,(H,25,28)/t20-,21+,22-,23-/m1/s1. The van der Waals surface area contributed by atoms with Crippen LogP contribution < -0.4 is 10.0 Å². The van der Waals surface area contributed by atoms with E-state index >= 15 is 0 Å². The molecule has 1 heterocycles. The number of benzene rings is 1. The SMILES string of the molecule is CS(=O)(=O)N[C@@H]1CCN(C(=O)NCC2CCC2)[C@@H]1CO[C@H]1CC[C@@H](c2ccccc2)CC1. The topological polar surface area (TPSA) is 87.7 Å². The molecule has 3 aliphatic rings. The molecule has 2 N–H and O–H groups in total. The number of carbonyl (C=O) groups is 1. The highest BCUT2D eigenvalue weighted by atomic mass is 32.2. The highest BCUT2D eigenvalue weighted by Crippen LogP contribution is 2.34. The van der Waals surface area contributed by atoms with E-state index in [0.717, 1.165) is 25.7 Å². The fourth-order valence-corrected chi connectivity index (χ4v) is 6.10. The molecular weight excluding hydrogens is 426 g/mol. The summed E-state index contributed by atoms with van der Waals surface area (Å²) in [5.41, 5.74) is 1.40. The Morgan fingerprint density at radius 3 is 2.41 bits per heavy atom. The number of rotatable bonds is 8. The minimum Gasteiger partial charge on any atom is -0.376 e. The molecular formula is C24H37N3O4S. The lowest BCUT2D eigenvalue weighted by atomic mass is 9.83. The van der Waals surface area contributed by atoms with Crippen molar-refractivity contribution in [3.8, 4) is 0 Å². The van der Waals surface area contributed by atoms with Crippen LogP contribution in [0.1, 0.15) is 62.8 Å². The zero-order valence-electron chi connectivity index (χ0n) is 19.0. The van der Waals surface area contributed by atoms with E-state index in [1.54, 1.807) is 4.90 Å². The van der Waals surface area contributed by atoms with Gasteiger partial charge in [-0.3, -0.25) is 0 Å². The quantitative estimate of drug-likeness (QED) is 0.620. The van der Waals surface area contributed by atoms with Crippen LogP contribution in [-0.4, -0.2) is 63.5 Å². The zero-order chi connectivity index (χ0) is 22.6. The third-order valence-corrected chi connectivity index (χ3v) is 8.12. The van der Waals surface area contributed by atoms with Crippen LogP contribution in [0.15, 0.2) is 30.3 Å². The summed E-state index contributed by atoms with van der Waals surface area (Å²) >= 11 is 0. The Morgan fingerprint density at radius 2 is 1.78 bits per heavy atom. The summed E-state index contributed by atoms with van der Waals surface area (Å²) in [6.45, 7) is 1.61. The third-order valence-electron chi connectivity index (χ3n) is 7.39. The Balaban J connectivity index is 1.31. The minimum atomic E-state index is -3.36. The first-order chi connectivity index (χ1) is 15.4. The number of sulfonamides is 1. The van der Waals surface area contributed by atoms with Gasteiger partial charge in [-0.25, -0.2) is 17.9 Å². The van der Waals surface area contributed by atoms with Gasteiger partial charge in [0.25, 0.3) is 0 Å². The van der Waals surface area contributed by atoms with Crippen molar-refractivity contribution < 1.29 is 17.9 Å². The maximum atomic E-state index is 12.8. The van der Waals surface area contributed by atoms with Gasteiger partial charge in [-0.15, -0.1) is 0 Å². The van der Waals surface area contributed by atoms with Crippen molar-refractivity contribution in [1.29, 1.82) is 0 Å². The molecule has 4 rings (SSSR count). The van der Waals surface area contributed by atoms with Crippen molar-refractivity contribution >= 4 is 16.1 Å². The molecule has 2 atom stereocenters. The zero-order valence-corrected chi connectivity index (χ0v) is 19.9. The van der Waals surface area contributed by atoms with Gasteiger partial charge in [0.15, 0.2) is 0 Å². The third kappa shape index (κ3) is 6.23. The second-order valence-electron chi connectivity index (χ2n) is 9.75. The van der Waals surface area contributed by atoms with Gasteiger partial charge in [0.1, 0.15) is 0 Å². The van der Waals surface area contributed by atoms with E-state index in [2.05, 4.69) is 40.4 Å². The smallest absolute Gasteiger partial charge is 0.317 e. The molecule has 0 spiro atoms. The van der Waals surface area contributed by atoms with Gasteiger partial charge in [0.2, 0.25) is 10.0 Å². The van der Waals surface area contributed by atoms with Crippen molar-refractivity contribution in [2.75, 3.05) is 26.0 Å². The van der Waals surface area contributed by atoms with Crippen LogP contribution in [0.4, 0.5) is 4.79 Å². The van der Waals surface area contributed by atoms with Crippen LogP contribution in [0.5, 0.6) is 0 Å². The number of nitrogens with one attached hydrogen (secondary N) is 2. The minimum absolute atomic E-state index is 0.101. The first-order valence-electron chi connectivity index (χ1n) is 12.1. The first-order valence-corrected chi connectivity index (χ1v) is 14.0. The summed E-state index contributed by atoms with van der Waals surface area (Å²) in [5, 5.41) is 3.06. The average molecular weight is 464 g/mol. The van der Waals surface area contributed by atoms with E-state index in [0.29, 0.717) is 38.0 Å². The van der Waals surface area contributed by atoms with Gasteiger partial charge in [0.05, 0.1) is 25.0 Å². The van der Waals surface area contributed by atoms with Crippen LogP contribution in [0, 0.1) is 5.92 Å². The van der Waals surface area contributed by atoms with E-state index < -0.39 is 10.0 Å². The lowest BCUT2D eigenvalue weighted by Gasteiger charge is -2.33.